The Morgan fingerprint density at radius 2 is 2.00 bits per heavy atom. The Balaban J connectivity index is 2.07. The molecule has 0 saturated carbocycles. The van der Waals surface area contributed by atoms with Gasteiger partial charge in [-0.25, -0.2) is 0 Å². The summed E-state index contributed by atoms with van der Waals surface area (Å²) < 4.78 is 9.61. The highest BCUT2D eigenvalue weighted by Gasteiger charge is 2.28. The topological polar surface area (TPSA) is 56.0 Å². The molecule has 1 aromatic carbocycles. The molecule has 0 amide bonds. The minimum atomic E-state index is -0.222. The maximum atomic E-state index is 12.7. The van der Waals surface area contributed by atoms with Crippen molar-refractivity contribution in [3.63, 3.8) is 0 Å². The number of ketones is 1. The lowest BCUT2D eigenvalue weighted by atomic mass is 9.90. The Hall–Kier alpha value is -2.01. The van der Waals surface area contributed by atoms with E-state index in [1.165, 1.54) is 0 Å². The van der Waals surface area contributed by atoms with E-state index in [1.807, 2.05) is 45.9 Å². The van der Waals surface area contributed by atoms with Crippen LogP contribution in [-0.2, 0) is 5.41 Å². The van der Waals surface area contributed by atoms with Crippen LogP contribution in [0.15, 0.2) is 28.7 Å². The number of fused-ring (bicyclic) bond motifs is 1. The van der Waals surface area contributed by atoms with Crippen LogP contribution in [0, 0.1) is 6.92 Å². The minimum absolute atomic E-state index is 0.149. The van der Waals surface area contributed by atoms with Gasteiger partial charge in [-0.3, -0.25) is 4.79 Å². The van der Waals surface area contributed by atoms with Crippen LogP contribution in [0.1, 0.15) is 47.5 Å². The molecular formula is C16H16N2O2S. The molecule has 0 aliphatic carbocycles. The number of carbonyl (C=O) groups is 1. The molecule has 0 saturated heterocycles. The van der Waals surface area contributed by atoms with E-state index in [4.69, 9.17) is 4.42 Å². The summed E-state index contributed by atoms with van der Waals surface area (Å²) in [4.78, 5) is 13.2. The van der Waals surface area contributed by atoms with Crippen molar-refractivity contribution in [1.82, 2.24) is 9.59 Å². The van der Waals surface area contributed by atoms with Crippen molar-refractivity contribution in [2.24, 2.45) is 0 Å². The van der Waals surface area contributed by atoms with Gasteiger partial charge in [-0.15, -0.1) is 5.10 Å². The lowest BCUT2D eigenvalue weighted by molar-refractivity contribution is 0.101. The predicted octanol–water partition coefficient (Wildman–Crippen LogP) is 4.12. The van der Waals surface area contributed by atoms with Crippen LogP contribution < -0.4 is 0 Å². The van der Waals surface area contributed by atoms with E-state index >= 15 is 0 Å². The van der Waals surface area contributed by atoms with Gasteiger partial charge in [0.1, 0.15) is 10.5 Å². The summed E-state index contributed by atoms with van der Waals surface area (Å²) in [5.74, 6) is 0.191. The molecule has 108 valence electrons. The molecule has 0 aliphatic rings. The van der Waals surface area contributed by atoms with Crippen molar-refractivity contribution in [1.29, 1.82) is 0 Å². The van der Waals surface area contributed by atoms with E-state index in [2.05, 4.69) is 9.59 Å². The highest BCUT2D eigenvalue weighted by molar-refractivity contribution is 7.08. The molecule has 3 rings (SSSR count). The van der Waals surface area contributed by atoms with E-state index in [1.54, 1.807) is 6.07 Å². The monoisotopic (exact) mass is 300 g/mol. The molecule has 0 aliphatic heterocycles. The zero-order chi connectivity index (χ0) is 15.2. The Morgan fingerprint density at radius 3 is 2.71 bits per heavy atom. The lowest BCUT2D eigenvalue weighted by Crippen LogP contribution is -2.16. The number of aryl methyl sites for hydroxylation is 1. The first-order valence-corrected chi connectivity index (χ1v) is 7.51. The Labute approximate surface area is 127 Å². The summed E-state index contributed by atoms with van der Waals surface area (Å²) in [6.07, 6.45) is 0. The van der Waals surface area contributed by atoms with Crippen LogP contribution in [-0.4, -0.2) is 15.4 Å². The lowest BCUT2D eigenvalue weighted by Gasteiger charge is -2.15. The van der Waals surface area contributed by atoms with E-state index in [9.17, 15) is 4.79 Å². The van der Waals surface area contributed by atoms with Gasteiger partial charge in [0.25, 0.3) is 0 Å². The minimum Gasteiger partial charge on any atom is -0.453 e. The molecule has 0 radical (unpaired) electrons. The fourth-order valence-corrected chi connectivity index (χ4v) is 3.04. The van der Waals surface area contributed by atoms with Gasteiger partial charge in [0.05, 0.1) is 5.69 Å². The summed E-state index contributed by atoms with van der Waals surface area (Å²) in [7, 11) is 0. The van der Waals surface area contributed by atoms with Gasteiger partial charge in [0, 0.05) is 10.8 Å². The van der Waals surface area contributed by atoms with Crippen LogP contribution in [0.25, 0.3) is 11.0 Å². The first-order valence-electron chi connectivity index (χ1n) is 6.74. The van der Waals surface area contributed by atoms with Crippen molar-refractivity contribution in [3.8, 4) is 0 Å². The number of aromatic nitrogens is 2. The SMILES string of the molecule is Cc1ccc2oc(C(=O)c3snnc3C(C)(C)C)cc2c1. The van der Waals surface area contributed by atoms with Crippen molar-refractivity contribution in [2.45, 2.75) is 33.1 Å². The molecule has 4 nitrogen and oxygen atoms in total. The second kappa shape index (κ2) is 4.77. The summed E-state index contributed by atoms with van der Waals surface area (Å²) in [6.45, 7) is 8.06. The highest BCUT2D eigenvalue weighted by atomic mass is 32.1. The molecule has 5 heteroatoms. The summed E-state index contributed by atoms with van der Waals surface area (Å²) in [6, 6.07) is 7.65. The molecule has 3 aromatic rings. The number of carbonyl (C=O) groups excluding carboxylic acids is 1. The number of hydrogen-bond donors (Lipinski definition) is 0. The number of benzene rings is 1. The summed E-state index contributed by atoms with van der Waals surface area (Å²) in [5.41, 5.74) is 2.35. The van der Waals surface area contributed by atoms with Crippen LogP contribution >= 0.6 is 11.5 Å². The van der Waals surface area contributed by atoms with E-state index < -0.39 is 0 Å². The van der Waals surface area contributed by atoms with Crippen LogP contribution in [0.2, 0.25) is 0 Å². The number of nitrogens with zero attached hydrogens (tertiary/aromatic N) is 2. The van der Waals surface area contributed by atoms with E-state index in [0.29, 0.717) is 16.3 Å². The van der Waals surface area contributed by atoms with Crippen molar-refractivity contribution in [3.05, 3.63) is 46.2 Å². The van der Waals surface area contributed by atoms with Crippen molar-refractivity contribution in [2.75, 3.05) is 0 Å². The van der Waals surface area contributed by atoms with E-state index in [0.717, 1.165) is 28.1 Å². The van der Waals surface area contributed by atoms with Gasteiger partial charge in [-0.1, -0.05) is 36.9 Å². The Morgan fingerprint density at radius 1 is 1.24 bits per heavy atom. The summed E-state index contributed by atoms with van der Waals surface area (Å²) >= 11 is 1.12. The smallest absolute Gasteiger partial charge is 0.241 e. The van der Waals surface area contributed by atoms with Gasteiger partial charge in [-0.2, -0.15) is 0 Å². The zero-order valence-electron chi connectivity index (χ0n) is 12.4. The van der Waals surface area contributed by atoms with Crippen LogP contribution in [0.4, 0.5) is 0 Å². The Kier molecular flexibility index (Phi) is 3.17. The molecule has 2 aromatic heterocycles. The fourth-order valence-electron chi connectivity index (χ4n) is 2.22. The molecule has 0 fully saturated rings. The molecule has 0 unspecified atom stereocenters. The average Bonchev–Trinajstić information content (AvgIpc) is 3.02. The molecule has 0 atom stereocenters. The van der Waals surface area contributed by atoms with Gasteiger partial charge in [-0.05, 0) is 36.7 Å². The van der Waals surface area contributed by atoms with Gasteiger partial charge in [0.15, 0.2) is 5.76 Å². The largest absolute Gasteiger partial charge is 0.453 e. The summed E-state index contributed by atoms with van der Waals surface area (Å²) in [5, 5.41) is 5.05. The van der Waals surface area contributed by atoms with Crippen LogP contribution in [0.3, 0.4) is 0 Å². The number of furan rings is 1. The zero-order valence-corrected chi connectivity index (χ0v) is 13.2. The van der Waals surface area contributed by atoms with Crippen molar-refractivity contribution < 1.29 is 9.21 Å². The van der Waals surface area contributed by atoms with Gasteiger partial charge in [0.2, 0.25) is 5.78 Å². The standard InChI is InChI=1S/C16H16N2O2S/c1-9-5-6-11-10(7-9)8-12(20-11)13(19)14-15(16(2,3)4)17-18-21-14/h5-8H,1-4H3. The van der Waals surface area contributed by atoms with Crippen molar-refractivity contribution >= 4 is 28.3 Å². The van der Waals surface area contributed by atoms with Crippen LogP contribution in [0.5, 0.6) is 0 Å². The quantitative estimate of drug-likeness (QED) is 0.668. The Bertz CT molecular complexity index is 824. The molecule has 0 N–H and O–H groups in total. The molecule has 0 spiro atoms. The third-order valence-corrected chi connectivity index (χ3v) is 4.02. The first kappa shape index (κ1) is 13.9. The molecular weight excluding hydrogens is 284 g/mol. The normalized spacial score (nSPS) is 12.0. The number of rotatable bonds is 2. The second-order valence-corrected chi connectivity index (χ2v) is 6.94. The maximum Gasteiger partial charge on any atom is 0.241 e. The van der Waals surface area contributed by atoms with E-state index in [-0.39, 0.29) is 11.2 Å². The van der Waals surface area contributed by atoms with Gasteiger partial charge >= 0.3 is 0 Å². The third kappa shape index (κ3) is 2.49. The number of hydrogen-bond acceptors (Lipinski definition) is 5. The fraction of sp³-hybridized carbons (Fsp3) is 0.312. The molecule has 21 heavy (non-hydrogen) atoms. The average molecular weight is 300 g/mol. The second-order valence-electron chi connectivity index (χ2n) is 6.18. The maximum absolute atomic E-state index is 12.7. The third-order valence-electron chi connectivity index (χ3n) is 3.30. The predicted molar refractivity (Wildman–Crippen MR) is 83.0 cm³/mol. The first-order chi connectivity index (χ1) is 9.86. The highest BCUT2D eigenvalue weighted by Crippen LogP contribution is 2.29. The molecule has 2 heterocycles. The molecule has 0 bridgehead atoms. The van der Waals surface area contributed by atoms with Gasteiger partial charge < -0.3 is 4.42 Å².